The highest BCUT2D eigenvalue weighted by Gasteiger charge is 2.36. The maximum absolute atomic E-state index is 12.5. The van der Waals surface area contributed by atoms with Crippen molar-refractivity contribution in [3.63, 3.8) is 0 Å². The average Bonchev–Trinajstić information content (AvgIpc) is 3.20. The molecule has 0 saturated carbocycles. The molecule has 1 aromatic carbocycles. The van der Waals surface area contributed by atoms with Crippen molar-refractivity contribution in [1.82, 2.24) is 15.8 Å². The summed E-state index contributed by atoms with van der Waals surface area (Å²) in [6.07, 6.45) is 0. The number of nitrogens with zero attached hydrogens (tertiary/aromatic N) is 1. The zero-order valence-electron chi connectivity index (χ0n) is 12.9. The van der Waals surface area contributed by atoms with Crippen molar-refractivity contribution >= 4 is 34.8 Å². The second-order valence-corrected chi connectivity index (χ2v) is 6.21. The van der Waals surface area contributed by atoms with Crippen molar-refractivity contribution in [3.8, 4) is 0 Å². The van der Waals surface area contributed by atoms with Crippen molar-refractivity contribution in [1.29, 1.82) is 0 Å². The third-order valence-corrected chi connectivity index (χ3v) is 4.66. The van der Waals surface area contributed by atoms with Gasteiger partial charge in [0.2, 0.25) is 0 Å². The maximum Gasteiger partial charge on any atom is 0.279 e. The fourth-order valence-corrected chi connectivity index (χ4v) is 3.14. The molecule has 3 amide bonds. The number of thiophene rings is 1. The molecule has 0 fully saturated rings. The second-order valence-electron chi connectivity index (χ2n) is 5.26. The molecule has 6 nitrogen and oxygen atoms in total. The van der Waals surface area contributed by atoms with Crippen LogP contribution in [0.15, 0.2) is 48.4 Å². The predicted molar refractivity (Wildman–Crippen MR) is 91.0 cm³/mol. The summed E-state index contributed by atoms with van der Waals surface area (Å²) >= 11 is 1.27. The Morgan fingerprint density at radius 3 is 2.46 bits per heavy atom. The van der Waals surface area contributed by atoms with E-state index in [-0.39, 0.29) is 5.91 Å². The first-order valence-electron chi connectivity index (χ1n) is 7.26. The Hall–Kier alpha value is -2.93. The molecule has 1 aromatic heterocycles. The summed E-state index contributed by atoms with van der Waals surface area (Å²) in [4.78, 5) is 38.4. The standard InChI is InChI=1S/C17H15N3O3S/c1-10-12-6-3-4-7-13(12)17(23)20(10)11(2)15(21)18-19-16(22)14-8-5-9-24-14/h3-9,11H,1H2,2H3,(H,18,21)(H,19,22)/t11-/m1/s1. The average molecular weight is 341 g/mol. The number of amides is 3. The van der Waals surface area contributed by atoms with Gasteiger partial charge in [-0.3, -0.25) is 30.1 Å². The molecule has 1 aliphatic rings. The third-order valence-electron chi connectivity index (χ3n) is 3.79. The number of hydrogen-bond acceptors (Lipinski definition) is 4. The van der Waals surface area contributed by atoms with E-state index in [0.717, 1.165) is 0 Å². The molecule has 24 heavy (non-hydrogen) atoms. The van der Waals surface area contributed by atoms with Crippen molar-refractivity contribution in [3.05, 3.63) is 64.4 Å². The van der Waals surface area contributed by atoms with Crippen molar-refractivity contribution in [2.45, 2.75) is 13.0 Å². The lowest BCUT2D eigenvalue weighted by Crippen LogP contribution is -2.50. The molecule has 0 radical (unpaired) electrons. The van der Waals surface area contributed by atoms with Crippen LogP contribution in [0, 0.1) is 0 Å². The van der Waals surface area contributed by atoms with Gasteiger partial charge in [-0.25, -0.2) is 0 Å². The van der Waals surface area contributed by atoms with E-state index >= 15 is 0 Å². The summed E-state index contributed by atoms with van der Waals surface area (Å²) < 4.78 is 0. The summed E-state index contributed by atoms with van der Waals surface area (Å²) in [5, 5.41) is 1.77. The number of hydrogen-bond donors (Lipinski definition) is 2. The van der Waals surface area contributed by atoms with Gasteiger partial charge in [0.15, 0.2) is 0 Å². The molecule has 0 saturated heterocycles. The highest BCUT2D eigenvalue weighted by atomic mass is 32.1. The molecular weight excluding hydrogens is 326 g/mol. The van der Waals surface area contributed by atoms with Gasteiger partial charge in [-0.2, -0.15) is 0 Å². The Kier molecular flexibility index (Phi) is 4.18. The van der Waals surface area contributed by atoms with Gasteiger partial charge >= 0.3 is 0 Å². The quantitative estimate of drug-likeness (QED) is 0.839. The van der Waals surface area contributed by atoms with Gasteiger partial charge in [-0.05, 0) is 24.4 Å². The number of nitrogens with one attached hydrogen (secondary N) is 2. The molecule has 3 rings (SSSR count). The number of benzene rings is 1. The summed E-state index contributed by atoms with van der Waals surface area (Å²) in [6, 6.07) is 9.66. The molecule has 0 aliphatic carbocycles. The van der Waals surface area contributed by atoms with E-state index in [9.17, 15) is 14.4 Å². The molecule has 0 unspecified atom stereocenters. The Morgan fingerprint density at radius 1 is 1.12 bits per heavy atom. The van der Waals surface area contributed by atoms with Crippen LogP contribution in [0.25, 0.3) is 5.70 Å². The number of hydrazine groups is 1. The van der Waals surface area contributed by atoms with E-state index in [2.05, 4.69) is 17.4 Å². The Morgan fingerprint density at radius 2 is 1.83 bits per heavy atom. The molecule has 122 valence electrons. The molecule has 2 aromatic rings. The first kappa shape index (κ1) is 15.9. The van der Waals surface area contributed by atoms with E-state index in [1.807, 2.05) is 6.07 Å². The predicted octanol–water partition coefficient (Wildman–Crippen LogP) is 2.02. The van der Waals surface area contributed by atoms with Gasteiger partial charge in [-0.1, -0.05) is 30.8 Å². The number of carbonyl (C=O) groups excluding carboxylic acids is 3. The zero-order chi connectivity index (χ0) is 17.3. The molecule has 1 aliphatic heterocycles. The third kappa shape index (κ3) is 2.69. The first-order valence-corrected chi connectivity index (χ1v) is 8.14. The summed E-state index contributed by atoms with van der Waals surface area (Å²) in [5.41, 5.74) is 6.40. The Labute approximate surface area is 142 Å². The van der Waals surface area contributed by atoms with Crippen LogP contribution in [-0.4, -0.2) is 28.7 Å². The van der Waals surface area contributed by atoms with E-state index in [1.165, 1.54) is 16.2 Å². The Bertz CT molecular complexity index is 794. The smallest absolute Gasteiger partial charge is 0.279 e. The highest BCUT2D eigenvalue weighted by molar-refractivity contribution is 7.12. The maximum atomic E-state index is 12.5. The molecule has 2 N–H and O–H groups in total. The van der Waals surface area contributed by atoms with E-state index in [4.69, 9.17) is 0 Å². The number of fused-ring (bicyclic) bond motifs is 1. The summed E-state index contributed by atoms with van der Waals surface area (Å²) in [5.74, 6) is -1.18. The van der Waals surface area contributed by atoms with Crippen LogP contribution in [0.2, 0.25) is 0 Å². The van der Waals surface area contributed by atoms with E-state index in [0.29, 0.717) is 21.7 Å². The fraction of sp³-hybridized carbons (Fsp3) is 0.118. The van der Waals surface area contributed by atoms with Crippen molar-refractivity contribution < 1.29 is 14.4 Å². The minimum absolute atomic E-state index is 0.275. The molecule has 0 bridgehead atoms. The summed E-state index contributed by atoms with van der Waals surface area (Å²) in [7, 11) is 0. The van der Waals surface area contributed by atoms with Crippen LogP contribution in [0.1, 0.15) is 32.5 Å². The van der Waals surface area contributed by atoms with Crippen molar-refractivity contribution in [2.24, 2.45) is 0 Å². The van der Waals surface area contributed by atoms with Crippen LogP contribution < -0.4 is 10.9 Å². The van der Waals surface area contributed by atoms with Crippen LogP contribution in [-0.2, 0) is 4.79 Å². The monoisotopic (exact) mass is 341 g/mol. The highest BCUT2D eigenvalue weighted by Crippen LogP contribution is 2.32. The molecular formula is C17H15N3O3S. The van der Waals surface area contributed by atoms with E-state index in [1.54, 1.807) is 42.6 Å². The number of rotatable bonds is 3. The minimum atomic E-state index is -0.805. The Balaban J connectivity index is 1.67. The normalized spacial score (nSPS) is 14.3. The van der Waals surface area contributed by atoms with Gasteiger partial charge in [0, 0.05) is 16.8 Å². The van der Waals surface area contributed by atoms with Crippen LogP contribution in [0.3, 0.4) is 0 Å². The molecule has 0 spiro atoms. The van der Waals surface area contributed by atoms with E-state index < -0.39 is 17.9 Å². The lowest BCUT2D eigenvalue weighted by atomic mass is 10.1. The fourth-order valence-electron chi connectivity index (χ4n) is 2.52. The van der Waals surface area contributed by atoms with Crippen LogP contribution >= 0.6 is 11.3 Å². The van der Waals surface area contributed by atoms with Gasteiger partial charge in [0.05, 0.1) is 4.88 Å². The van der Waals surface area contributed by atoms with Gasteiger partial charge in [0.25, 0.3) is 17.7 Å². The minimum Gasteiger partial charge on any atom is -0.296 e. The van der Waals surface area contributed by atoms with Gasteiger partial charge in [-0.15, -0.1) is 11.3 Å². The molecule has 1 atom stereocenters. The topological polar surface area (TPSA) is 78.5 Å². The second kappa shape index (κ2) is 6.29. The van der Waals surface area contributed by atoms with Gasteiger partial charge < -0.3 is 0 Å². The lowest BCUT2D eigenvalue weighted by Gasteiger charge is -2.24. The SMILES string of the molecule is C=C1c2ccccc2C(=O)N1[C@H](C)C(=O)NNC(=O)c1cccs1. The zero-order valence-corrected chi connectivity index (χ0v) is 13.7. The first-order chi connectivity index (χ1) is 11.5. The lowest BCUT2D eigenvalue weighted by molar-refractivity contribution is -0.125. The van der Waals surface area contributed by atoms with Crippen LogP contribution in [0.5, 0.6) is 0 Å². The van der Waals surface area contributed by atoms with Gasteiger partial charge in [0.1, 0.15) is 6.04 Å². The number of carbonyl (C=O) groups is 3. The van der Waals surface area contributed by atoms with Crippen LogP contribution in [0.4, 0.5) is 0 Å². The molecule has 7 heteroatoms. The summed E-state index contributed by atoms with van der Waals surface area (Å²) in [6.45, 7) is 5.49. The van der Waals surface area contributed by atoms with Crippen molar-refractivity contribution in [2.75, 3.05) is 0 Å². The molecule has 2 heterocycles. The largest absolute Gasteiger partial charge is 0.296 e.